The first-order valence-electron chi connectivity index (χ1n) is 5.52. The molecule has 0 saturated heterocycles. The SMILES string of the molecule is CC(=O)Nc1ccc(C(C(=O)O)C(C)C)cc1. The van der Waals surface area contributed by atoms with Crippen molar-refractivity contribution in [2.24, 2.45) is 5.92 Å². The van der Waals surface area contributed by atoms with Gasteiger partial charge in [0.1, 0.15) is 0 Å². The fourth-order valence-corrected chi connectivity index (χ4v) is 1.79. The number of carboxylic acids is 1. The number of aliphatic carboxylic acids is 1. The molecule has 1 aromatic rings. The third-order valence-electron chi connectivity index (χ3n) is 2.52. The van der Waals surface area contributed by atoms with E-state index in [1.165, 1.54) is 6.92 Å². The van der Waals surface area contributed by atoms with Gasteiger partial charge in [-0.05, 0) is 23.6 Å². The second-order valence-electron chi connectivity index (χ2n) is 4.36. The summed E-state index contributed by atoms with van der Waals surface area (Å²) in [5.41, 5.74) is 1.43. The summed E-state index contributed by atoms with van der Waals surface area (Å²) >= 11 is 0. The molecule has 92 valence electrons. The Bertz CT molecular complexity index is 409. The fourth-order valence-electron chi connectivity index (χ4n) is 1.79. The van der Waals surface area contributed by atoms with E-state index in [-0.39, 0.29) is 11.8 Å². The molecule has 0 bridgehead atoms. The average molecular weight is 235 g/mol. The maximum atomic E-state index is 11.1. The maximum Gasteiger partial charge on any atom is 0.311 e. The maximum absolute atomic E-state index is 11.1. The molecule has 1 aromatic carbocycles. The van der Waals surface area contributed by atoms with Crippen LogP contribution < -0.4 is 5.32 Å². The summed E-state index contributed by atoms with van der Waals surface area (Å²) in [6.45, 7) is 5.18. The minimum absolute atomic E-state index is 0.0270. The van der Waals surface area contributed by atoms with Gasteiger partial charge in [0, 0.05) is 12.6 Å². The lowest BCUT2D eigenvalue weighted by molar-refractivity contribution is -0.139. The highest BCUT2D eigenvalue weighted by Gasteiger charge is 2.23. The first kappa shape index (κ1) is 13.2. The standard InChI is InChI=1S/C13H17NO3/c1-8(2)12(13(16)17)10-4-6-11(7-5-10)14-9(3)15/h4-8,12H,1-3H3,(H,14,15)(H,16,17). The van der Waals surface area contributed by atoms with E-state index in [1.54, 1.807) is 24.3 Å². The van der Waals surface area contributed by atoms with E-state index in [2.05, 4.69) is 5.32 Å². The third kappa shape index (κ3) is 3.59. The van der Waals surface area contributed by atoms with Gasteiger partial charge in [-0.25, -0.2) is 0 Å². The van der Waals surface area contributed by atoms with Crippen LogP contribution in [0.3, 0.4) is 0 Å². The van der Waals surface area contributed by atoms with Gasteiger partial charge in [-0.1, -0.05) is 26.0 Å². The molecule has 0 saturated carbocycles. The van der Waals surface area contributed by atoms with Gasteiger partial charge >= 0.3 is 5.97 Å². The summed E-state index contributed by atoms with van der Waals surface area (Å²) in [4.78, 5) is 22.0. The van der Waals surface area contributed by atoms with Crippen LogP contribution in [0.4, 0.5) is 5.69 Å². The molecule has 1 amide bonds. The zero-order chi connectivity index (χ0) is 13.0. The molecular formula is C13H17NO3. The van der Waals surface area contributed by atoms with Gasteiger partial charge in [0.05, 0.1) is 5.92 Å². The Morgan fingerprint density at radius 2 is 1.71 bits per heavy atom. The quantitative estimate of drug-likeness (QED) is 0.842. The van der Waals surface area contributed by atoms with E-state index >= 15 is 0 Å². The summed E-state index contributed by atoms with van der Waals surface area (Å²) in [6, 6.07) is 6.91. The molecule has 17 heavy (non-hydrogen) atoms. The topological polar surface area (TPSA) is 66.4 Å². The number of carbonyl (C=O) groups is 2. The van der Waals surface area contributed by atoms with Gasteiger partial charge in [-0.2, -0.15) is 0 Å². The van der Waals surface area contributed by atoms with Crippen molar-refractivity contribution in [3.8, 4) is 0 Å². The van der Waals surface area contributed by atoms with Crippen molar-refractivity contribution in [2.75, 3.05) is 5.32 Å². The van der Waals surface area contributed by atoms with Crippen LogP contribution in [0, 0.1) is 5.92 Å². The van der Waals surface area contributed by atoms with Gasteiger partial charge in [0.2, 0.25) is 5.91 Å². The lowest BCUT2D eigenvalue weighted by atomic mass is 9.88. The van der Waals surface area contributed by atoms with Crippen LogP contribution in [0.1, 0.15) is 32.3 Å². The average Bonchev–Trinajstić information content (AvgIpc) is 2.18. The first-order chi connectivity index (χ1) is 7.91. The molecular weight excluding hydrogens is 218 g/mol. The van der Waals surface area contributed by atoms with Crippen LogP contribution in [0.2, 0.25) is 0 Å². The van der Waals surface area contributed by atoms with Crippen molar-refractivity contribution in [1.82, 2.24) is 0 Å². The van der Waals surface area contributed by atoms with Crippen LogP contribution in [-0.2, 0) is 9.59 Å². The highest BCUT2D eigenvalue weighted by molar-refractivity contribution is 5.88. The summed E-state index contributed by atoms with van der Waals surface area (Å²) in [5.74, 6) is -1.45. The molecule has 0 aromatic heterocycles. The van der Waals surface area contributed by atoms with E-state index < -0.39 is 11.9 Å². The molecule has 1 unspecified atom stereocenters. The van der Waals surface area contributed by atoms with Gasteiger partial charge in [-0.15, -0.1) is 0 Å². The zero-order valence-corrected chi connectivity index (χ0v) is 10.2. The summed E-state index contributed by atoms with van der Waals surface area (Å²) in [7, 11) is 0. The number of anilines is 1. The zero-order valence-electron chi connectivity index (χ0n) is 10.2. The van der Waals surface area contributed by atoms with Crippen LogP contribution in [-0.4, -0.2) is 17.0 Å². The van der Waals surface area contributed by atoms with E-state index in [4.69, 9.17) is 5.11 Å². The van der Waals surface area contributed by atoms with Crippen molar-refractivity contribution >= 4 is 17.6 Å². The Kier molecular flexibility index (Phi) is 4.26. The Balaban J connectivity index is 2.92. The van der Waals surface area contributed by atoms with Crippen molar-refractivity contribution in [1.29, 1.82) is 0 Å². The highest BCUT2D eigenvalue weighted by Crippen LogP contribution is 2.25. The highest BCUT2D eigenvalue weighted by atomic mass is 16.4. The number of hydrogen-bond donors (Lipinski definition) is 2. The van der Waals surface area contributed by atoms with E-state index in [9.17, 15) is 9.59 Å². The molecule has 0 aliphatic carbocycles. The van der Waals surface area contributed by atoms with Crippen LogP contribution in [0.5, 0.6) is 0 Å². The largest absolute Gasteiger partial charge is 0.481 e. The summed E-state index contributed by atoms with van der Waals surface area (Å²) in [6.07, 6.45) is 0. The summed E-state index contributed by atoms with van der Waals surface area (Å²) in [5, 5.41) is 11.8. The van der Waals surface area contributed by atoms with Crippen LogP contribution in [0.25, 0.3) is 0 Å². The second kappa shape index (κ2) is 5.48. The lowest BCUT2D eigenvalue weighted by Crippen LogP contribution is -2.17. The van der Waals surface area contributed by atoms with E-state index in [1.807, 2.05) is 13.8 Å². The number of benzene rings is 1. The normalized spacial score (nSPS) is 12.2. The Morgan fingerprint density at radius 1 is 1.18 bits per heavy atom. The smallest absolute Gasteiger partial charge is 0.311 e. The third-order valence-corrected chi connectivity index (χ3v) is 2.52. The molecule has 1 rings (SSSR count). The van der Waals surface area contributed by atoms with Crippen molar-refractivity contribution < 1.29 is 14.7 Å². The second-order valence-corrected chi connectivity index (χ2v) is 4.36. The van der Waals surface area contributed by atoms with Gasteiger partial charge < -0.3 is 10.4 Å². The first-order valence-corrected chi connectivity index (χ1v) is 5.52. The molecule has 1 atom stereocenters. The molecule has 0 aliphatic rings. The van der Waals surface area contributed by atoms with Crippen molar-refractivity contribution in [2.45, 2.75) is 26.7 Å². The Labute approximate surface area is 101 Å². The predicted molar refractivity (Wildman–Crippen MR) is 66.0 cm³/mol. The van der Waals surface area contributed by atoms with Crippen molar-refractivity contribution in [3.63, 3.8) is 0 Å². The van der Waals surface area contributed by atoms with Gasteiger partial charge in [-0.3, -0.25) is 9.59 Å². The van der Waals surface area contributed by atoms with E-state index in [0.29, 0.717) is 5.69 Å². The molecule has 0 spiro atoms. The van der Waals surface area contributed by atoms with Crippen LogP contribution >= 0.6 is 0 Å². The molecule has 0 radical (unpaired) electrons. The number of rotatable bonds is 4. The molecule has 0 fully saturated rings. The minimum Gasteiger partial charge on any atom is -0.481 e. The fraction of sp³-hybridized carbons (Fsp3) is 0.385. The molecule has 2 N–H and O–H groups in total. The number of nitrogens with one attached hydrogen (secondary N) is 1. The van der Waals surface area contributed by atoms with Crippen LogP contribution in [0.15, 0.2) is 24.3 Å². The van der Waals surface area contributed by atoms with Gasteiger partial charge in [0.15, 0.2) is 0 Å². The lowest BCUT2D eigenvalue weighted by Gasteiger charge is -2.16. The number of amides is 1. The van der Waals surface area contributed by atoms with E-state index in [0.717, 1.165) is 5.56 Å². The molecule has 0 aliphatic heterocycles. The Morgan fingerprint density at radius 3 is 2.06 bits per heavy atom. The number of carboxylic acid groups (broad SMARTS) is 1. The number of hydrogen-bond acceptors (Lipinski definition) is 2. The molecule has 4 heteroatoms. The van der Waals surface area contributed by atoms with Crippen molar-refractivity contribution in [3.05, 3.63) is 29.8 Å². The molecule has 0 heterocycles. The number of carbonyl (C=O) groups excluding carboxylic acids is 1. The minimum atomic E-state index is -0.827. The molecule has 4 nitrogen and oxygen atoms in total. The predicted octanol–water partition coefficient (Wildman–Crippen LogP) is 2.47. The Hall–Kier alpha value is -1.84. The van der Waals surface area contributed by atoms with Gasteiger partial charge in [0.25, 0.3) is 0 Å². The monoisotopic (exact) mass is 235 g/mol. The summed E-state index contributed by atoms with van der Waals surface area (Å²) < 4.78 is 0.